The highest BCUT2D eigenvalue weighted by Crippen LogP contribution is 2.20. The Kier molecular flexibility index (Phi) is 5.38. The zero-order valence-electron chi connectivity index (χ0n) is 11.7. The fourth-order valence-corrected chi connectivity index (χ4v) is 2.43. The van der Waals surface area contributed by atoms with Crippen molar-refractivity contribution >= 4 is 6.09 Å². The molecule has 1 aromatic carbocycles. The zero-order valence-corrected chi connectivity index (χ0v) is 11.7. The maximum atomic E-state index is 12.2. The molecule has 1 fully saturated rings. The fraction of sp³-hybridized carbons (Fsp3) is 0.533. The first-order valence-electron chi connectivity index (χ1n) is 6.92. The zero-order chi connectivity index (χ0) is 14.4. The van der Waals surface area contributed by atoms with E-state index in [2.05, 4.69) is 0 Å². The van der Waals surface area contributed by atoms with E-state index in [1.165, 1.54) is 0 Å². The van der Waals surface area contributed by atoms with Crippen molar-refractivity contribution in [1.82, 2.24) is 4.90 Å². The van der Waals surface area contributed by atoms with Crippen LogP contribution >= 0.6 is 0 Å². The molecular formula is C15H21NO4. The van der Waals surface area contributed by atoms with Gasteiger partial charge in [0.15, 0.2) is 0 Å². The van der Waals surface area contributed by atoms with E-state index in [0.29, 0.717) is 6.61 Å². The Bertz CT molecular complexity index is 423. The summed E-state index contributed by atoms with van der Waals surface area (Å²) in [5, 5.41) is 9.13. The Morgan fingerprint density at radius 2 is 2.20 bits per heavy atom. The maximum absolute atomic E-state index is 12.2. The molecule has 0 bridgehead atoms. The summed E-state index contributed by atoms with van der Waals surface area (Å²) >= 11 is 0. The van der Waals surface area contributed by atoms with Gasteiger partial charge in [-0.1, -0.05) is 30.3 Å². The first-order valence-corrected chi connectivity index (χ1v) is 6.92. The van der Waals surface area contributed by atoms with Gasteiger partial charge in [0, 0.05) is 13.2 Å². The Labute approximate surface area is 119 Å². The van der Waals surface area contributed by atoms with Gasteiger partial charge in [-0.25, -0.2) is 4.79 Å². The molecule has 1 saturated heterocycles. The molecule has 1 aliphatic heterocycles. The van der Waals surface area contributed by atoms with E-state index in [9.17, 15) is 4.79 Å². The summed E-state index contributed by atoms with van der Waals surface area (Å²) in [6.45, 7) is 3.01. The Morgan fingerprint density at radius 3 is 2.80 bits per heavy atom. The van der Waals surface area contributed by atoms with E-state index in [4.69, 9.17) is 14.6 Å². The predicted octanol–water partition coefficient (Wildman–Crippen LogP) is 1.79. The van der Waals surface area contributed by atoms with Gasteiger partial charge in [-0.05, 0) is 18.9 Å². The molecule has 1 aliphatic rings. The second-order valence-electron chi connectivity index (χ2n) is 4.89. The molecular weight excluding hydrogens is 258 g/mol. The molecule has 5 nitrogen and oxygen atoms in total. The number of hydrogen-bond donors (Lipinski definition) is 1. The van der Waals surface area contributed by atoms with E-state index in [-0.39, 0.29) is 31.9 Å². The van der Waals surface area contributed by atoms with Crippen molar-refractivity contribution in [2.24, 2.45) is 0 Å². The summed E-state index contributed by atoms with van der Waals surface area (Å²) < 4.78 is 10.8. The summed E-state index contributed by atoms with van der Waals surface area (Å²) in [5.74, 6) is 0. The average Bonchev–Trinajstić information content (AvgIpc) is 2.89. The molecule has 0 aliphatic carbocycles. The number of ether oxygens (including phenoxy) is 2. The SMILES string of the molecule is CC1OCCC1N(CCO)C(=O)OCc1ccccc1. The molecule has 1 aromatic rings. The molecule has 0 saturated carbocycles. The Morgan fingerprint density at radius 1 is 1.45 bits per heavy atom. The van der Waals surface area contributed by atoms with Crippen molar-refractivity contribution in [3.8, 4) is 0 Å². The molecule has 1 heterocycles. The van der Waals surface area contributed by atoms with E-state index in [0.717, 1.165) is 12.0 Å². The molecule has 2 atom stereocenters. The normalized spacial score (nSPS) is 21.7. The topological polar surface area (TPSA) is 59.0 Å². The molecule has 110 valence electrons. The number of carbonyl (C=O) groups excluding carboxylic acids is 1. The van der Waals surface area contributed by atoms with Crippen LogP contribution in [0.2, 0.25) is 0 Å². The maximum Gasteiger partial charge on any atom is 0.410 e. The first-order chi connectivity index (χ1) is 9.72. The third kappa shape index (κ3) is 3.71. The van der Waals surface area contributed by atoms with Crippen molar-refractivity contribution in [1.29, 1.82) is 0 Å². The van der Waals surface area contributed by atoms with Crippen LogP contribution in [0.1, 0.15) is 18.9 Å². The number of rotatable bonds is 5. The van der Waals surface area contributed by atoms with Crippen molar-refractivity contribution in [3.05, 3.63) is 35.9 Å². The van der Waals surface area contributed by atoms with Crippen LogP contribution in [-0.4, -0.2) is 48.0 Å². The van der Waals surface area contributed by atoms with Gasteiger partial charge in [0.1, 0.15) is 6.61 Å². The highest BCUT2D eigenvalue weighted by atomic mass is 16.6. The summed E-state index contributed by atoms with van der Waals surface area (Å²) in [6, 6.07) is 9.52. The number of hydrogen-bond acceptors (Lipinski definition) is 4. The van der Waals surface area contributed by atoms with E-state index in [1.807, 2.05) is 37.3 Å². The lowest BCUT2D eigenvalue weighted by Crippen LogP contribution is -2.45. The molecule has 1 N–H and O–H groups in total. The van der Waals surface area contributed by atoms with E-state index < -0.39 is 6.09 Å². The van der Waals surface area contributed by atoms with Gasteiger partial charge >= 0.3 is 6.09 Å². The number of carbonyl (C=O) groups is 1. The summed E-state index contributed by atoms with van der Waals surface area (Å²) in [4.78, 5) is 13.7. The van der Waals surface area contributed by atoms with Crippen LogP contribution in [0, 0.1) is 0 Å². The minimum absolute atomic E-state index is 0.0224. The molecule has 0 radical (unpaired) electrons. The van der Waals surface area contributed by atoms with Crippen LogP contribution in [0.5, 0.6) is 0 Å². The first kappa shape index (κ1) is 14.8. The highest BCUT2D eigenvalue weighted by Gasteiger charge is 2.33. The summed E-state index contributed by atoms with van der Waals surface area (Å²) in [5.41, 5.74) is 0.945. The van der Waals surface area contributed by atoms with Gasteiger partial charge in [0.25, 0.3) is 0 Å². The molecule has 2 rings (SSSR count). The van der Waals surface area contributed by atoms with Crippen molar-refractivity contribution in [2.75, 3.05) is 19.8 Å². The summed E-state index contributed by atoms with van der Waals surface area (Å²) in [7, 11) is 0. The second kappa shape index (κ2) is 7.26. The molecule has 1 amide bonds. The predicted molar refractivity (Wildman–Crippen MR) is 74.2 cm³/mol. The molecule has 5 heteroatoms. The smallest absolute Gasteiger partial charge is 0.410 e. The lowest BCUT2D eigenvalue weighted by atomic mass is 10.1. The molecule has 2 unspecified atom stereocenters. The minimum Gasteiger partial charge on any atom is -0.445 e. The lowest BCUT2D eigenvalue weighted by Gasteiger charge is -2.29. The van der Waals surface area contributed by atoms with Gasteiger partial charge in [0.2, 0.25) is 0 Å². The van der Waals surface area contributed by atoms with E-state index in [1.54, 1.807) is 4.90 Å². The quantitative estimate of drug-likeness (QED) is 0.893. The Balaban J connectivity index is 1.93. The van der Waals surface area contributed by atoms with Gasteiger partial charge in [0.05, 0.1) is 18.8 Å². The van der Waals surface area contributed by atoms with Crippen LogP contribution < -0.4 is 0 Å². The fourth-order valence-electron chi connectivity index (χ4n) is 2.43. The lowest BCUT2D eigenvalue weighted by molar-refractivity contribution is 0.0437. The molecule has 0 spiro atoms. The number of nitrogens with zero attached hydrogens (tertiary/aromatic N) is 1. The van der Waals surface area contributed by atoms with Crippen LogP contribution in [0.15, 0.2) is 30.3 Å². The monoisotopic (exact) mass is 279 g/mol. The minimum atomic E-state index is -0.398. The second-order valence-corrected chi connectivity index (χ2v) is 4.89. The van der Waals surface area contributed by atoms with Crippen molar-refractivity contribution < 1.29 is 19.4 Å². The van der Waals surface area contributed by atoms with Gasteiger partial charge in [-0.3, -0.25) is 0 Å². The molecule has 20 heavy (non-hydrogen) atoms. The van der Waals surface area contributed by atoms with Gasteiger partial charge < -0.3 is 19.5 Å². The molecule has 0 aromatic heterocycles. The van der Waals surface area contributed by atoms with Crippen LogP contribution in [-0.2, 0) is 16.1 Å². The third-order valence-corrected chi connectivity index (χ3v) is 3.52. The van der Waals surface area contributed by atoms with Crippen LogP contribution in [0.25, 0.3) is 0 Å². The van der Waals surface area contributed by atoms with E-state index >= 15 is 0 Å². The standard InChI is InChI=1S/C15H21NO4/c1-12-14(7-10-19-12)16(8-9-17)15(18)20-11-13-5-3-2-4-6-13/h2-6,12,14,17H,7-11H2,1H3. The average molecular weight is 279 g/mol. The van der Waals surface area contributed by atoms with Gasteiger partial charge in [-0.15, -0.1) is 0 Å². The number of benzene rings is 1. The number of aliphatic hydroxyl groups excluding tert-OH is 1. The largest absolute Gasteiger partial charge is 0.445 e. The summed E-state index contributed by atoms with van der Waals surface area (Å²) in [6.07, 6.45) is 0.359. The van der Waals surface area contributed by atoms with Gasteiger partial charge in [-0.2, -0.15) is 0 Å². The Hall–Kier alpha value is -1.59. The number of amides is 1. The number of aliphatic hydroxyl groups is 1. The van der Waals surface area contributed by atoms with Crippen molar-refractivity contribution in [3.63, 3.8) is 0 Å². The van der Waals surface area contributed by atoms with Crippen molar-refractivity contribution in [2.45, 2.75) is 32.1 Å². The van der Waals surface area contributed by atoms with Crippen LogP contribution in [0.3, 0.4) is 0 Å². The third-order valence-electron chi connectivity index (χ3n) is 3.52. The highest BCUT2D eigenvalue weighted by molar-refractivity contribution is 5.68. The van der Waals surface area contributed by atoms with Crippen LogP contribution in [0.4, 0.5) is 4.79 Å².